The van der Waals surface area contributed by atoms with Gasteiger partial charge in [0.15, 0.2) is 0 Å². The van der Waals surface area contributed by atoms with Crippen molar-refractivity contribution in [3.05, 3.63) is 42.4 Å². The molecule has 0 atom stereocenters. The average molecular weight is 241 g/mol. The van der Waals surface area contributed by atoms with Crippen LogP contribution in [0.4, 0.5) is 11.4 Å². The van der Waals surface area contributed by atoms with Crippen LogP contribution in [0.25, 0.3) is 10.9 Å². The monoisotopic (exact) mass is 241 g/mol. The summed E-state index contributed by atoms with van der Waals surface area (Å²) in [5.41, 5.74) is 8.34. The third kappa shape index (κ3) is 1.80. The zero-order chi connectivity index (χ0) is 12.5. The molecule has 0 bridgehead atoms. The molecular formula is C12H11N5O. The highest BCUT2D eigenvalue weighted by atomic mass is 16.1. The number of carbonyl (C=O) groups excluding carboxylic acids is 1. The summed E-state index contributed by atoms with van der Waals surface area (Å²) in [7, 11) is 0. The summed E-state index contributed by atoms with van der Waals surface area (Å²) in [5, 5.41) is 10.0. The normalized spacial score (nSPS) is 10.7. The Morgan fingerprint density at radius 2 is 2.22 bits per heavy atom. The Hall–Kier alpha value is -2.76. The van der Waals surface area contributed by atoms with Crippen molar-refractivity contribution in [1.82, 2.24) is 15.2 Å². The second kappa shape index (κ2) is 3.92. The highest BCUT2D eigenvalue weighted by molar-refractivity contribution is 6.06. The molecule has 5 N–H and O–H groups in total. The summed E-state index contributed by atoms with van der Waals surface area (Å²) in [6.45, 7) is 0. The van der Waals surface area contributed by atoms with Gasteiger partial charge < -0.3 is 16.0 Å². The van der Waals surface area contributed by atoms with E-state index < -0.39 is 0 Å². The molecule has 0 aliphatic carbocycles. The smallest absolute Gasteiger partial charge is 0.272 e. The Morgan fingerprint density at radius 3 is 3.00 bits per heavy atom. The zero-order valence-electron chi connectivity index (χ0n) is 9.40. The number of carbonyl (C=O) groups is 1. The van der Waals surface area contributed by atoms with Crippen LogP contribution in [0.1, 0.15) is 10.5 Å². The van der Waals surface area contributed by atoms with Crippen LogP contribution in [0.3, 0.4) is 0 Å². The third-order valence-corrected chi connectivity index (χ3v) is 2.65. The minimum Gasteiger partial charge on any atom is -0.399 e. The van der Waals surface area contributed by atoms with Gasteiger partial charge >= 0.3 is 0 Å². The molecule has 90 valence electrons. The van der Waals surface area contributed by atoms with Gasteiger partial charge in [0, 0.05) is 22.8 Å². The predicted octanol–water partition coefficient (Wildman–Crippen LogP) is 1.73. The van der Waals surface area contributed by atoms with Crippen molar-refractivity contribution in [2.75, 3.05) is 11.1 Å². The van der Waals surface area contributed by atoms with Crippen molar-refractivity contribution >= 4 is 28.2 Å². The van der Waals surface area contributed by atoms with Gasteiger partial charge in [0.05, 0.1) is 11.9 Å². The minimum absolute atomic E-state index is 0.217. The standard InChI is InChI=1S/C12H11N5O/c13-8-1-2-10-7(3-8)4-11(17-10)12(18)16-9-5-14-15-6-9/h1-6,17H,13H2,(H,14,15)(H,16,18). The molecule has 6 nitrogen and oxygen atoms in total. The number of hydrogen-bond donors (Lipinski definition) is 4. The minimum atomic E-state index is -0.217. The molecule has 2 heterocycles. The summed E-state index contributed by atoms with van der Waals surface area (Å²) in [5.74, 6) is -0.217. The van der Waals surface area contributed by atoms with Crippen LogP contribution >= 0.6 is 0 Å². The fraction of sp³-hybridized carbons (Fsp3) is 0. The van der Waals surface area contributed by atoms with E-state index in [-0.39, 0.29) is 5.91 Å². The fourth-order valence-corrected chi connectivity index (χ4v) is 1.79. The number of anilines is 2. The zero-order valence-corrected chi connectivity index (χ0v) is 9.40. The number of nitrogens with zero attached hydrogens (tertiary/aromatic N) is 1. The van der Waals surface area contributed by atoms with E-state index in [1.165, 1.54) is 0 Å². The van der Waals surface area contributed by atoms with E-state index in [9.17, 15) is 4.79 Å². The van der Waals surface area contributed by atoms with Crippen molar-refractivity contribution in [3.63, 3.8) is 0 Å². The largest absolute Gasteiger partial charge is 0.399 e. The van der Waals surface area contributed by atoms with Gasteiger partial charge in [-0.2, -0.15) is 5.10 Å². The molecule has 0 aliphatic rings. The fourth-order valence-electron chi connectivity index (χ4n) is 1.79. The van der Waals surface area contributed by atoms with E-state index in [0.717, 1.165) is 10.9 Å². The van der Waals surface area contributed by atoms with Gasteiger partial charge in [-0.05, 0) is 24.3 Å². The first-order valence-corrected chi connectivity index (χ1v) is 5.41. The molecule has 0 aliphatic heterocycles. The second-order valence-electron chi connectivity index (χ2n) is 3.97. The third-order valence-electron chi connectivity index (χ3n) is 2.65. The van der Waals surface area contributed by atoms with E-state index in [2.05, 4.69) is 20.5 Å². The topological polar surface area (TPSA) is 99.6 Å². The lowest BCUT2D eigenvalue weighted by Gasteiger charge is -1.98. The molecule has 18 heavy (non-hydrogen) atoms. The van der Waals surface area contributed by atoms with Crippen LogP contribution in [0.5, 0.6) is 0 Å². The van der Waals surface area contributed by atoms with Crippen LogP contribution < -0.4 is 11.1 Å². The van der Waals surface area contributed by atoms with Crippen molar-refractivity contribution in [2.45, 2.75) is 0 Å². The molecule has 1 aromatic carbocycles. The number of hydrogen-bond acceptors (Lipinski definition) is 3. The van der Waals surface area contributed by atoms with Crippen LogP contribution in [0.15, 0.2) is 36.7 Å². The first-order chi connectivity index (χ1) is 8.72. The Bertz CT molecular complexity index is 698. The molecule has 0 saturated heterocycles. The first kappa shape index (κ1) is 10.4. The van der Waals surface area contributed by atoms with Crippen LogP contribution in [-0.2, 0) is 0 Å². The van der Waals surface area contributed by atoms with E-state index in [0.29, 0.717) is 17.1 Å². The molecule has 0 fully saturated rings. The summed E-state index contributed by atoms with van der Waals surface area (Å²) < 4.78 is 0. The molecule has 0 spiro atoms. The second-order valence-corrected chi connectivity index (χ2v) is 3.97. The average Bonchev–Trinajstić information content (AvgIpc) is 2.96. The van der Waals surface area contributed by atoms with Gasteiger partial charge in [-0.3, -0.25) is 9.89 Å². The lowest BCUT2D eigenvalue weighted by Crippen LogP contribution is -2.11. The highest BCUT2D eigenvalue weighted by Crippen LogP contribution is 2.19. The van der Waals surface area contributed by atoms with Gasteiger partial charge in [0.25, 0.3) is 5.91 Å². The number of nitrogen functional groups attached to an aromatic ring is 1. The van der Waals surface area contributed by atoms with E-state index >= 15 is 0 Å². The molecule has 1 amide bonds. The number of benzene rings is 1. The highest BCUT2D eigenvalue weighted by Gasteiger charge is 2.10. The number of rotatable bonds is 2. The number of aromatic amines is 2. The number of H-pyrrole nitrogens is 2. The quantitative estimate of drug-likeness (QED) is 0.514. The molecule has 0 unspecified atom stereocenters. The molecule has 0 saturated carbocycles. The number of aromatic nitrogens is 3. The first-order valence-electron chi connectivity index (χ1n) is 5.41. The van der Waals surface area contributed by atoms with Gasteiger partial charge in [0.1, 0.15) is 5.69 Å². The van der Waals surface area contributed by atoms with Crippen LogP contribution in [0.2, 0.25) is 0 Å². The Balaban J connectivity index is 1.92. The molecule has 6 heteroatoms. The Morgan fingerprint density at radius 1 is 1.33 bits per heavy atom. The maximum atomic E-state index is 12.0. The number of fused-ring (bicyclic) bond motifs is 1. The van der Waals surface area contributed by atoms with Crippen molar-refractivity contribution in [2.24, 2.45) is 0 Å². The molecule has 2 aromatic heterocycles. The lowest BCUT2D eigenvalue weighted by molar-refractivity contribution is 0.102. The number of nitrogens with two attached hydrogens (primary N) is 1. The summed E-state index contributed by atoms with van der Waals surface area (Å²) in [6.07, 6.45) is 3.15. The maximum Gasteiger partial charge on any atom is 0.272 e. The van der Waals surface area contributed by atoms with Gasteiger partial charge in [-0.15, -0.1) is 0 Å². The number of nitrogens with one attached hydrogen (secondary N) is 3. The van der Waals surface area contributed by atoms with E-state index in [4.69, 9.17) is 5.73 Å². The lowest BCUT2D eigenvalue weighted by atomic mass is 10.2. The Kier molecular flexibility index (Phi) is 2.26. The maximum absolute atomic E-state index is 12.0. The number of amides is 1. The Labute approximate surface area is 102 Å². The van der Waals surface area contributed by atoms with Gasteiger partial charge in [-0.1, -0.05) is 0 Å². The van der Waals surface area contributed by atoms with Crippen molar-refractivity contribution < 1.29 is 4.79 Å². The van der Waals surface area contributed by atoms with Crippen LogP contribution in [-0.4, -0.2) is 21.1 Å². The van der Waals surface area contributed by atoms with Crippen molar-refractivity contribution in [3.8, 4) is 0 Å². The summed E-state index contributed by atoms with van der Waals surface area (Å²) >= 11 is 0. The SMILES string of the molecule is Nc1ccc2[nH]c(C(=O)Nc3cn[nH]c3)cc2c1. The molecule has 0 radical (unpaired) electrons. The van der Waals surface area contributed by atoms with E-state index in [1.54, 1.807) is 24.5 Å². The molecule has 3 aromatic rings. The van der Waals surface area contributed by atoms with Crippen LogP contribution in [0, 0.1) is 0 Å². The van der Waals surface area contributed by atoms with Gasteiger partial charge in [0.2, 0.25) is 0 Å². The summed E-state index contributed by atoms with van der Waals surface area (Å²) in [6, 6.07) is 7.22. The molecular weight excluding hydrogens is 230 g/mol. The summed E-state index contributed by atoms with van der Waals surface area (Å²) in [4.78, 5) is 15.0. The van der Waals surface area contributed by atoms with Crippen molar-refractivity contribution in [1.29, 1.82) is 0 Å². The van der Waals surface area contributed by atoms with Gasteiger partial charge in [-0.25, -0.2) is 0 Å². The van der Waals surface area contributed by atoms with E-state index in [1.807, 2.05) is 12.1 Å². The predicted molar refractivity (Wildman–Crippen MR) is 69.3 cm³/mol. The molecule has 3 rings (SSSR count).